The van der Waals surface area contributed by atoms with E-state index >= 15 is 0 Å². The van der Waals surface area contributed by atoms with E-state index in [1.54, 1.807) is 22.8 Å². The largest absolute Gasteiger partial charge is 0.455 e. The van der Waals surface area contributed by atoms with Crippen molar-refractivity contribution in [1.82, 2.24) is 19.3 Å². The Kier molecular flexibility index (Phi) is 5.81. The van der Waals surface area contributed by atoms with Crippen LogP contribution in [0.25, 0.3) is 0 Å². The molecular weight excluding hydrogens is 416 g/mol. The predicted octanol–water partition coefficient (Wildman–Crippen LogP) is 3.30. The number of furan rings is 1. The monoisotopic (exact) mass is 446 g/mol. The summed E-state index contributed by atoms with van der Waals surface area (Å²) < 4.78 is 8.35. The molecule has 1 atom stereocenters. The minimum absolute atomic E-state index is 0.0539. The van der Waals surface area contributed by atoms with Gasteiger partial charge in [0.1, 0.15) is 5.76 Å². The molecule has 1 fully saturated rings. The molecule has 5 rings (SSSR count). The highest BCUT2D eigenvalue weighted by Gasteiger charge is 2.30. The minimum atomic E-state index is -0.104. The van der Waals surface area contributed by atoms with Crippen LogP contribution in [0, 0.1) is 6.92 Å². The molecule has 7 heteroatoms. The van der Waals surface area contributed by atoms with Crippen molar-refractivity contribution in [1.29, 1.82) is 0 Å². The Hall–Kier alpha value is -3.32. The highest BCUT2D eigenvalue weighted by Crippen LogP contribution is 2.34. The molecule has 2 aliphatic heterocycles. The fourth-order valence-electron chi connectivity index (χ4n) is 4.98. The first-order valence-electron chi connectivity index (χ1n) is 11.6. The van der Waals surface area contributed by atoms with Crippen molar-refractivity contribution in [3.05, 3.63) is 83.1 Å². The lowest BCUT2D eigenvalue weighted by Gasteiger charge is -2.37. The second kappa shape index (κ2) is 8.90. The second-order valence-electron chi connectivity index (χ2n) is 8.98. The van der Waals surface area contributed by atoms with E-state index in [4.69, 9.17) is 4.42 Å². The lowest BCUT2D eigenvalue weighted by Crippen LogP contribution is -2.50. The molecule has 1 aromatic carbocycles. The van der Waals surface area contributed by atoms with Crippen molar-refractivity contribution >= 4 is 11.8 Å². The van der Waals surface area contributed by atoms with Crippen LogP contribution in [0.4, 0.5) is 0 Å². The summed E-state index contributed by atoms with van der Waals surface area (Å²) in [6.07, 6.45) is 2.14. The number of amides is 2. The number of aromatic nitrogens is 1. The maximum absolute atomic E-state index is 12.9. The number of carbonyl (C=O) groups is 2. The fraction of sp³-hybridized carbons (Fsp3) is 0.385. The first-order chi connectivity index (χ1) is 16.0. The molecular formula is C26H30N4O3. The van der Waals surface area contributed by atoms with Gasteiger partial charge in [-0.25, -0.2) is 0 Å². The van der Waals surface area contributed by atoms with Gasteiger partial charge in [0.05, 0.1) is 12.6 Å². The van der Waals surface area contributed by atoms with E-state index in [0.717, 1.165) is 18.8 Å². The molecule has 1 saturated heterocycles. The van der Waals surface area contributed by atoms with Gasteiger partial charge in [0.25, 0.3) is 5.91 Å². The third-order valence-electron chi connectivity index (χ3n) is 6.74. The van der Waals surface area contributed by atoms with Gasteiger partial charge in [-0.2, -0.15) is 0 Å². The van der Waals surface area contributed by atoms with Crippen LogP contribution in [-0.4, -0.2) is 63.8 Å². The molecule has 0 radical (unpaired) electrons. The smallest absolute Gasteiger partial charge is 0.289 e. The van der Waals surface area contributed by atoms with Gasteiger partial charge in [-0.05, 0) is 36.8 Å². The molecule has 0 bridgehead atoms. The maximum atomic E-state index is 12.9. The predicted molar refractivity (Wildman–Crippen MR) is 125 cm³/mol. The Morgan fingerprint density at radius 3 is 2.48 bits per heavy atom. The second-order valence-corrected chi connectivity index (χ2v) is 8.98. The Labute approximate surface area is 194 Å². The van der Waals surface area contributed by atoms with E-state index in [9.17, 15) is 9.59 Å². The van der Waals surface area contributed by atoms with Crippen LogP contribution in [0.1, 0.15) is 46.1 Å². The molecule has 7 nitrogen and oxygen atoms in total. The van der Waals surface area contributed by atoms with E-state index in [2.05, 4.69) is 59.0 Å². The zero-order chi connectivity index (χ0) is 22.9. The van der Waals surface area contributed by atoms with Crippen molar-refractivity contribution in [2.45, 2.75) is 33.0 Å². The lowest BCUT2D eigenvalue weighted by atomic mass is 9.98. The molecule has 172 valence electrons. The summed E-state index contributed by atoms with van der Waals surface area (Å²) >= 11 is 0. The van der Waals surface area contributed by atoms with Crippen molar-refractivity contribution in [2.75, 3.05) is 32.7 Å². The summed E-state index contributed by atoms with van der Waals surface area (Å²) in [7, 11) is 0. The Morgan fingerprint density at radius 2 is 1.73 bits per heavy atom. The topological polar surface area (TPSA) is 61.9 Å². The number of nitrogens with zero attached hydrogens (tertiary/aromatic N) is 4. The number of carbonyl (C=O) groups excluding carboxylic acids is 2. The minimum Gasteiger partial charge on any atom is -0.455 e. The van der Waals surface area contributed by atoms with E-state index in [-0.39, 0.29) is 17.9 Å². The SMILES string of the molecule is CC(=O)N1CCN(C(=O)c2ccc(CN3CCn4cccc4C3c3cccc(C)c3)o2)CC1. The molecule has 0 saturated carbocycles. The Morgan fingerprint density at radius 1 is 0.939 bits per heavy atom. The van der Waals surface area contributed by atoms with Gasteiger partial charge in [-0.15, -0.1) is 0 Å². The highest BCUT2D eigenvalue weighted by molar-refractivity contribution is 5.91. The number of benzene rings is 1. The van der Waals surface area contributed by atoms with Crippen molar-refractivity contribution in [3.8, 4) is 0 Å². The number of hydrogen-bond acceptors (Lipinski definition) is 4. The molecule has 0 spiro atoms. The number of piperazine rings is 1. The molecule has 3 aromatic rings. The fourth-order valence-corrected chi connectivity index (χ4v) is 4.98. The van der Waals surface area contributed by atoms with Gasteiger partial charge < -0.3 is 18.8 Å². The first kappa shape index (κ1) is 21.5. The van der Waals surface area contributed by atoms with Crippen molar-refractivity contribution in [3.63, 3.8) is 0 Å². The van der Waals surface area contributed by atoms with Crippen LogP contribution in [-0.2, 0) is 17.9 Å². The number of rotatable bonds is 4. The molecule has 0 aliphatic carbocycles. The summed E-state index contributed by atoms with van der Waals surface area (Å²) in [6, 6.07) is 16.8. The summed E-state index contributed by atoms with van der Waals surface area (Å²) in [6.45, 7) is 8.36. The summed E-state index contributed by atoms with van der Waals surface area (Å²) in [5, 5.41) is 0. The van der Waals surface area contributed by atoms with Crippen LogP contribution in [0.2, 0.25) is 0 Å². The highest BCUT2D eigenvalue weighted by atomic mass is 16.4. The number of fused-ring (bicyclic) bond motifs is 1. The molecule has 1 unspecified atom stereocenters. The van der Waals surface area contributed by atoms with Crippen molar-refractivity contribution < 1.29 is 14.0 Å². The maximum Gasteiger partial charge on any atom is 0.289 e. The Balaban J connectivity index is 1.32. The molecule has 4 heterocycles. The van der Waals surface area contributed by atoms with Crippen LogP contribution in [0.5, 0.6) is 0 Å². The average molecular weight is 447 g/mol. The Bertz CT molecular complexity index is 1160. The number of hydrogen-bond donors (Lipinski definition) is 0. The molecule has 2 amide bonds. The van der Waals surface area contributed by atoms with Gasteiger partial charge in [0.2, 0.25) is 5.91 Å². The molecule has 2 aromatic heterocycles. The van der Waals surface area contributed by atoms with Crippen LogP contribution in [0.15, 0.2) is 59.1 Å². The third kappa shape index (κ3) is 4.33. The van der Waals surface area contributed by atoms with Crippen molar-refractivity contribution in [2.24, 2.45) is 0 Å². The average Bonchev–Trinajstić information content (AvgIpc) is 3.48. The summed E-state index contributed by atoms with van der Waals surface area (Å²) in [5.41, 5.74) is 3.78. The quantitative estimate of drug-likeness (QED) is 0.617. The standard InChI is InChI=1S/C26H30N4O3/c1-19-5-3-6-21(17-19)25-23-7-4-10-28(23)13-16-30(25)18-22-8-9-24(33-22)26(32)29-14-11-27(12-15-29)20(2)31/h3-10,17,25H,11-16,18H2,1-2H3. The number of aryl methyl sites for hydroxylation is 1. The molecule has 2 aliphatic rings. The van der Waals surface area contributed by atoms with E-state index < -0.39 is 0 Å². The summed E-state index contributed by atoms with van der Waals surface area (Å²) in [5.74, 6) is 1.11. The van der Waals surface area contributed by atoms with Gasteiger partial charge >= 0.3 is 0 Å². The van der Waals surface area contributed by atoms with Gasteiger partial charge in [0, 0.05) is 58.1 Å². The zero-order valence-corrected chi connectivity index (χ0v) is 19.2. The van der Waals surface area contributed by atoms with Gasteiger partial charge in [-0.3, -0.25) is 14.5 Å². The zero-order valence-electron chi connectivity index (χ0n) is 19.2. The van der Waals surface area contributed by atoms with E-state index in [1.807, 2.05) is 6.07 Å². The lowest BCUT2D eigenvalue weighted by molar-refractivity contribution is -0.130. The normalized spacial score (nSPS) is 18.9. The van der Waals surface area contributed by atoms with Crippen LogP contribution < -0.4 is 0 Å². The van der Waals surface area contributed by atoms with E-state index in [1.165, 1.54) is 16.8 Å². The van der Waals surface area contributed by atoms with Crippen LogP contribution in [0.3, 0.4) is 0 Å². The summed E-state index contributed by atoms with van der Waals surface area (Å²) in [4.78, 5) is 30.5. The van der Waals surface area contributed by atoms with Gasteiger partial charge in [-0.1, -0.05) is 29.8 Å². The molecule has 33 heavy (non-hydrogen) atoms. The first-order valence-corrected chi connectivity index (χ1v) is 11.6. The third-order valence-corrected chi connectivity index (χ3v) is 6.74. The van der Waals surface area contributed by atoms with Gasteiger partial charge in [0.15, 0.2) is 5.76 Å². The van der Waals surface area contributed by atoms with Crippen LogP contribution >= 0.6 is 0 Å². The van der Waals surface area contributed by atoms with E-state index in [0.29, 0.717) is 38.5 Å². The molecule has 0 N–H and O–H groups in total.